The van der Waals surface area contributed by atoms with Crippen molar-refractivity contribution in [3.8, 4) is 17.2 Å². The van der Waals surface area contributed by atoms with Gasteiger partial charge in [0.1, 0.15) is 17.2 Å². The minimum atomic E-state index is -4.50. The summed E-state index contributed by atoms with van der Waals surface area (Å²) in [6, 6.07) is 7.26. The summed E-state index contributed by atoms with van der Waals surface area (Å²) < 4.78 is 54.2. The van der Waals surface area contributed by atoms with Crippen LogP contribution < -0.4 is 9.47 Å². The molecule has 0 amide bonds. The number of ether oxygens (including phenoxy) is 3. The number of hydrogen-bond acceptors (Lipinski definition) is 4. The fourth-order valence-corrected chi connectivity index (χ4v) is 2.55. The predicted molar refractivity (Wildman–Crippen MR) is 104 cm³/mol. The maximum atomic E-state index is 12.7. The molecule has 0 bridgehead atoms. The van der Waals surface area contributed by atoms with Crippen LogP contribution in [0, 0.1) is 0 Å². The van der Waals surface area contributed by atoms with Crippen LogP contribution in [0.25, 0.3) is 0 Å². The van der Waals surface area contributed by atoms with Crippen LogP contribution in [-0.4, -0.2) is 12.6 Å². The first-order chi connectivity index (χ1) is 13.6. The number of alkyl halides is 3. The van der Waals surface area contributed by atoms with E-state index in [0.29, 0.717) is 5.76 Å². The van der Waals surface area contributed by atoms with Gasteiger partial charge in [-0.05, 0) is 50.3 Å². The van der Waals surface area contributed by atoms with Crippen LogP contribution in [0.2, 0.25) is 10.0 Å². The summed E-state index contributed by atoms with van der Waals surface area (Å²) in [5.74, 6) is 0.553. The van der Waals surface area contributed by atoms with Gasteiger partial charge in [0.2, 0.25) is 0 Å². The molecule has 2 rings (SSSR count). The third-order valence-electron chi connectivity index (χ3n) is 3.52. The van der Waals surface area contributed by atoms with E-state index in [1.807, 2.05) is 0 Å². The molecule has 0 aliphatic carbocycles. The molecule has 0 aliphatic rings. The largest absolute Gasteiger partial charge is 0.466 e. The van der Waals surface area contributed by atoms with E-state index in [4.69, 9.17) is 37.4 Å². The molecule has 0 unspecified atom stereocenters. The maximum Gasteiger partial charge on any atom is 0.416 e. The van der Waals surface area contributed by atoms with E-state index >= 15 is 0 Å². The fourth-order valence-electron chi connectivity index (χ4n) is 2.17. The summed E-state index contributed by atoms with van der Waals surface area (Å²) >= 11 is 12.0. The van der Waals surface area contributed by atoms with Crippen molar-refractivity contribution in [2.75, 3.05) is 6.61 Å². The van der Waals surface area contributed by atoms with Gasteiger partial charge < -0.3 is 14.2 Å². The van der Waals surface area contributed by atoms with Crippen LogP contribution in [0.5, 0.6) is 17.2 Å². The number of rotatable bonds is 7. The zero-order valence-corrected chi connectivity index (χ0v) is 17.0. The fraction of sp³-hybridized carbons (Fsp3) is 0.250. The molecule has 0 saturated carbocycles. The van der Waals surface area contributed by atoms with Gasteiger partial charge in [0.15, 0.2) is 0 Å². The van der Waals surface area contributed by atoms with Crippen LogP contribution in [0.1, 0.15) is 25.8 Å². The van der Waals surface area contributed by atoms with E-state index in [-0.39, 0.29) is 40.3 Å². The van der Waals surface area contributed by atoms with Gasteiger partial charge in [-0.1, -0.05) is 23.2 Å². The second kappa shape index (κ2) is 9.89. The van der Waals surface area contributed by atoms with E-state index in [0.717, 1.165) is 18.2 Å². The van der Waals surface area contributed by atoms with Crippen molar-refractivity contribution in [1.29, 1.82) is 0 Å². The molecule has 0 aliphatic heterocycles. The second-order valence-electron chi connectivity index (χ2n) is 5.76. The van der Waals surface area contributed by atoms with E-state index in [1.165, 1.54) is 24.3 Å². The molecule has 0 saturated heterocycles. The van der Waals surface area contributed by atoms with Crippen molar-refractivity contribution in [2.45, 2.75) is 26.4 Å². The van der Waals surface area contributed by atoms with Crippen LogP contribution in [-0.2, 0) is 15.7 Å². The third kappa shape index (κ3) is 6.87. The predicted octanol–water partition coefficient (Wildman–Crippen LogP) is 7.04. The molecular formula is C20H17Cl2F3O4. The Kier molecular flexibility index (Phi) is 7.81. The highest BCUT2D eigenvalue weighted by Gasteiger charge is 2.31. The number of benzene rings is 2. The second-order valence-corrected chi connectivity index (χ2v) is 6.58. The van der Waals surface area contributed by atoms with Crippen molar-refractivity contribution in [3.05, 3.63) is 63.8 Å². The molecule has 0 radical (unpaired) electrons. The van der Waals surface area contributed by atoms with Gasteiger partial charge in [0, 0.05) is 6.07 Å². The lowest BCUT2D eigenvalue weighted by Gasteiger charge is -2.13. The smallest absolute Gasteiger partial charge is 0.416 e. The average molecular weight is 449 g/mol. The molecule has 2 aromatic carbocycles. The monoisotopic (exact) mass is 448 g/mol. The molecule has 0 heterocycles. The van der Waals surface area contributed by atoms with Gasteiger partial charge in [-0.2, -0.15) is 13.2 Å². The van der Waals surface area contributed by atoms with Gasteiger partial charge >= 0.3 is 12.1 Å². The minimum absolute atomic E-state index is 0.0364. The number of allylic oxidation sites excluding steroid dienone is 1. The highest BCUT2D eigenvalue weighted by molar-refractivity contribution is 6.32. The van der Waals surface area contributed by atoms with Crippen LogP contribution in [0.4, 0.5) is 13.2 Å². The Morgan fingerprint density at radius 2 is 1.79 bits per heavy atom. The Bertz CT molecular complexity index is 911. The summed E-state index contributed by atoms with van der Waals surface area (Å²) in [6.07, 6.45) is -2.93. The molecule has 4 nitrogen and oxygen atoms in total. The molecule has 0 atom stereocenters. The van der Waals surface area contributed by atoms with Crippen molar-refractivity contribution in [2.24, 2.45) is 0 Å². The number of esters is 1. The van der Waals surface area contributed by atoms with Gasteiger partial charge in [-0.15, -0.1) is 0 Å². The Hall–Kier alpha value is -2.38. The van der Waals surface area contributed by atoms with Crippen LogP contribution in [0.3, 0.4) is 0 Å². The molecule has 9 heteroatoms. The van der Waals surface area contributed by atoms with Crippen molar-refractivity contribution >= 4 is 29.2 Å². The highest BCUT2D eigenvalue weighted by atomic mass is 35.5. The first kappa shape index (κ1) is 22.9. The Morgan fingerprint density at radius 3 is 2.41 bits per heavy atom. The Morgan fingerprint density at radius 1 is 1.07 bits per heavy atom. The quantitative estimate of drug-likeness (QED) is 0.336. The van der Waals surface area contributed by atoms with E-state index < -0.39 is 17.7 Å². The molecule has 0 aromatic heterocycles. The highest BCUT2D eigenvalue weighted by Crippen LogP contribution is 2.38. The van der Waals surface area contributed by atoms with E-state index in [2.05, 4.69) is 0 Å². The SMILES string of the molecule is CCOC(=O)CC=C(C)Oc1cc(Oc2ccc(C(F)(F)F)cc2Cl)ccc1Cl. The van der Waals surface area contributed by atoms with Crippen LogP contribution >= 0.6 is 23.2 Å². The summed E-state index contributed by atoms with van der Waals surface area (Å²) in [4.78, 5) is 11.4. The number of hydrogen-bond donors (Lipinski definition) is 0. The summed E-state index contributed by atoms with van der Waals surface area (Å²) in [5, 5.41) is 0.0857. The van der Waals surface area contributed by atoms with Gasteiger partial charge in [-0.3, -0.25) is 4.79 Å². The van der Waals surface area contributed by atoms with Gasteiger partial charge in [-0.25, -0.2) is 0 Å². The topological polar surface area (TPSA) is 44.8 Å². The average Bonchev–Trinajstić information content (AvgIpc) is 2.64. The zero-order chi connectivity index (χ0) is 21.6. The molecular weight excluding hydrogens is 432 g/mol. The van der Waals surface area contributed by atoms with Gasteiger partial charge in [0.05, 0.1) is 34.4 Å². The van der Waals surface area contributed by atoms with E-state index in [9.17, 15) is 18.0 Å². The first-order valence-electron chi connectivity index (χ1n) is 8.44. The lowest BCUT2D eigenvalue weighted by molar-refractivity contribution is -0.142. The number of carbonyl (C=O) groups excluding carboxylic acids is 1. The van der Waals surface area contributed by atoms with Crippen molar-refractivity contribution < 1.29 is 32.2 Å². The normalized spacial score (nSPS) is 11.9. The first-order valence-corrected chi connectivity index (χ1v) is 9.20. The zero-order valence-electron chi connectivity index (χ0n) is 15.5. The maximum absolute atomic E-state index is 12.7. The summed E-state index contributed by atoms with van der Waals surface area (Å²) in [7, 11) is 0. The number of carbonyl (C=O) groups is 1. The molecule has 0 spiro atoms. The lowest BCUT2D eigenvalue weighted by atomic mass is 10.2. The summed E-state index contributed by atoms with van der Waals surface area (Å²) in [5.41, 5.74) is -0.877. The van der Waals surface area contributed by atoms with E-state index in [1.54, 1.807) is 13.8 Å². The Balaban J connectivity index is 2.15. The standard InChI is InChI=1S/C20H17Cl2F3O4/c1-3-27-19(26)9-4-12(2)28-18-11-14(6-7-15(18)21)29-17-8-5-13(10-16(17)22)20(23,24)25/h4-8,10-11H,3,9H2,1-2H3. The summed E-state index contributed by atoms with van der Waals surface area (Å²) in [6.45, 7) is 3.62. The van der Waals surface area contributed by atoms with Crippen molar-refractivity contribution in [1.82, 2.24) is 0 Å². The number of halogens is 5. The molecule has 2 aromatic rings. The molecule has 156 valence electrons. The lowest BCUT2D eigenvalue weighted by Crippen LogP contribution is -2.04. The van der Waals surface area contributed by atoms with Crippen LogP contribution in [0.15, 0.2) is 48.2 Å². The molecule has 0 N–H and O–H groups in total. The van der Waals surface area contributed by atoms with Gasteiger partial charge in [0.25, 0.3) is 0 Å². The third-order valence-corrected chi connectivity index (χ3v) is 4.13. The Labute approximate surface area is 175 Å². The van der Waals surface area contributed by atoms with Crippen molar-refractivity contribution in [3.63, 3.8) is 0 Å². The minimum Gasteiger partial charge on any atom is -0.466 e. The molecule has 0 fully saturated rings. The molecule has 29 heavy (non-hydrogen) atoms.